The van der Waals surface area contributed by atoms with Crippen LogP contribution in [0.3, 0.4) is 0 Å². The van der Waals surface area contributed by atoms with E-state index >= 15 is 0 Å². The first-order valence-electron chi connectivity index (χ1n) is 5.70. The largest absolute Gasteiger partial charge is 0.339 e. The summed E-state index contributed by atoms with van der Waals surface area (Å²) in [6.07, 6.45) is 3.33. The number of pyridine rings is 1. The van der Waals surface area contributed by atoms with Crippen LogP contribution < -0.4 is 0 Å². The lowest BCUT2D eigenvalue weighted by atomic mass is 10.2. The van der Waals surface area contributed by atoms with Crippen molar-refractivity contribution >= 4 is 29.1 Å². The van der Waals surface area contributed by atoms with Gasteiger partial charge < -0.3 is 4.90 Å². The minimum atomic E-state index is -0.0419. The van der Waals surface area contributed by atoms with Gasteiger partial charge in [0.15, 0.2) is 0 Å². The van der Waals surface area contributed by atoms with Gasteiger partial charge in [-0.05, 0) is 18.9 Å². The molecule has 94 valence electrons. The lowest BCUT2D eigenvalue weighted by molar-refractivity contribution is 0.0755. The van der Waals surface area contributed by atoms with Crippen LogP contribution in [0.25, 0.3) is 0 Å². The van der Waals surface area contributed by atoms with E-state index in [1.165, 1.54) is 6.20 Å². The SMILES string of the molecule is CCCN(CCC)C(=O)c1cnc(Cl)c(Cl)c1. The molecule has 0 bridgehead atoms. The second kappa shape index (κ2) is 6.82. The Hall–Kier alpha value is -0.800. The van der Waals surface area contributed by atoms with E-state index in [9.17, 15) is 4.79 Å². The molecule has 1 amide bonds. The molecular weight excluding hydrogens is 259 g/mol. The topological polar surface area (TPSA) is 33.2 Å². The van der Waals surface area contributed by atoms with Crippen LogP contribution in [0.2, 0.25) is 10.2 Å². The Labute approximate surface area is 112 Å². The molecule has 5 heteroatoms. The molecule has 0 spiro atoms. The normalized spacial score (nSPS) is 10.4. The fourth-order valence-corrected chi connectivity index (χ4v) is 1.85. The average Bonchev–Trinajstić information content (AvgIpc) is 2.31. The molecule has 1 rings (SSSR count). The maximum Gasteiger partial charge on any atom is 0.255 e. The van der Waals surface area contributed by atoms with Gasteiger partial charge in [0.2, 0.25) is 0 Å². The number of carbonyl (C=O) groups excluding carboxylic acids is 1. The summed E-state index contributed by atoms with van der Waals surface area (Å²) in [7, 11) is 0. The first-order valence-corrected chi connectivity index (χ1v) is 6.46. The van der Waals surface area contributed by atoms with E-state index in [0.29, 0.717) is 10.6 Å². The van der Waals surface area contributed by atoms with E-state index in [1.807, 2.05) is 13.8 Å². The summed E-state index contributed by atoms with van der Waals surface area (Å²) in [4.78, 5) is 17.9. The van der Waals surface area contributed by atoms with Gasteiger partial charge in [0.05, 0.1) is 10.6 Å². The zero-order valence-corrected chi connectivity index (χ0v) is 11.6. The van der Waals surface area contributed by atoms with Crippen molar-refractivity contribution < 1.29 is 4.79 Å². The fraction of sp³-hybridized carbons (Fsp3) is 0.500. The van der Waals surface area contributed by atoms with E-state index < -0.39 is 0 Å². The van der Waals surface area contributed by atoms with Crippen molar-refractivity contribution in [3.05, 3.63) is 28.0 Å². The summed E-state index contributed by atoms with van der Waals surface area (Å²) in [5.41, 5.74) is 0.487. The summed E-state index contributed by atoms with van der Waals surface area (Å²) in [6, 6.07) is 1.57. The summed E-state index contributed by atoms with van der Waals surface area (Å²) in [6.45, 7) is 5.58. The van der Waals surface area contributed by atoms with Gasteiger partial charge in [-0.15, -0.1) is 0 Å². The number of amides is 1. The summed E-state index contributed by atoms with van der Waals surface area (Å²) < 4.78 is 0. The molecule has 0 saturated heterocycles. The van der Waals surface area contributed by atoms with E-state index in [4.69, 9.17) is 23.2 Å². The lowest BCUT2D eigenvalue weighted by Crippen LogP contribution is -2.32. The molecule has 0 aliphatic rings. The first-order chi connectivity index (χ1) is 8.10. The third-order valence-electron chi connectivity index (χ3n) is 2.32. The number of halogens is 2. The van der Waals surface area contributed by atoms with Crippen LogP contribution in [0, 0.1) is 0 Å². The van der Waals surface area contributed by atoms with Gasteiger partial charge in [-0.1, -0.05) is 37.0 Å². The van der Waals surface area contributed by atoms with Crippen molar-refractivity contribution in [2.24, 2.45) is 0 Å². The third kappa shape index (κ3) is 3.86. The van der Waals surface area contributed by atoms with E-state index in [-0.39, 0.29) is 11.1 Å². The Bertz CT molecular complexity index is 390. The Balaban J connectivity index is 2.88. The number of carbonyl (C=O) groups is 1. The predicted octanol–water partition coefficient (Wildman–Crippen LogP) is 3.65. The van der Waals surface area contributed by atoms with Crippen LogP contribution in [-0.4, -0.2) is 28.9 Å². The minimum absolute atomic E-state index is 0.0419. The quantitative estimate of drug-likeness (QED) is 0.768. The molecule has 0 fully saturated rings. The molecule has 1 heterocycles. The van der Waals surface area contributed by atoms with Crippen LogP contribution in [0.4, 0.5) is 0 Å². The fourth-order valence-electron chi connectivity index (χ4n) is 1.58. The second-order valence-corrected chi connectivity index (χ2v) is 4.55. The van der Waals surface area contributed by atoms with Crippen LogP contribution in [0.1, 0.15) is 37.0 Å². The van der Waals surface area contributed by atoms with Crippen molar-refractivity contribution in [3.8, 4) is 0 Å². The van der Waals surface area contributed by atoms with Gasteiger partial charge in [-0.25, -0.2) is 4.98 Å². The highest BCUT2D eigenvalue weighted by molar-refractivity contribution is 6.41. The molecule has 0 unspecified atom stereocenters. The van der Waals surface area contributed by atoms with Gasteiger partial charge in [-0.2, -0.15) is 0 Å². The smallest absolute Gasteiger partial charge is 0.255 e. The van der Waals surface area contributed by atoms with Crippen LogP contribution in [-0.2, 0) is 0 Å². The summed E-state index contributed by atoms with van der Waals surface area (Å²) in [5.74, 6) is -0.0419. The van der Waals surface area contributed by atoms with Crippen molar-refractivity contribution in [2.75, 3.05) is 13.1 Å². The highest BCUT2D eigenvalue weighted by Gasteiger charge is 2.15. The monoisotopic (exact) mass is 274 g/mol. The summed E-state index contributed by atoms with van der Waals surface area (Å²) >= 11 is 11.6. The minimum Gasteiger partial charge on any atom is -0.339 e. The summed E-state index contributed by atoms with van der Waals surface area (Å²) in [5, 5.41) is 0.534. The molecule has 0 aromatic carbocycles. The molecule has 0 aliphatic heterocycles. The van der Waals surface area contributed by atoms with Gasteiger partial charge in [0.1, 0.15) is 5.15 Å². The maximum atomic E-state index is 12.2. The molecule has 0 saturated carbocycles. The number of hydrogen-bond acceptors (Lipinski definition) is 2. The van der Waals surface area contributed by atoms with Crippen molar-refractivity contribution in [2.45, 2.75) is 26.7 Å². The number of aromatic nitrogens is 1. The number of hydrogen-bond donors (Lipinski definition) is 0. The molecule has 3 nitrogen and oxygen atoms in total. The van der Waals surface area contributed by atoms with Crippen LogP contribution in [0.15, 0.2) is 12.3 Å². The van der Waals surface area contributed by atoms with E-state index in [1.54, 1.807) is 11.0 Å². The third-order valence-corrected chi connectivity index (χ3v) is 3.00. The van der Waals surface area contributed by atoms with E-state index in [2.05, 4.69) is 4.98 Å². The highest BCUT2D eigenvalue weighted by Crippen LogP contribution is 2.20. The predicted molar refractivity (Wildman–Crippen MR) is 70.7 cm³/mol. The molecule has 1 aromatic rings. The van der Waals surface area contributed by atoms with Gasteiger partial charge in [0, 0.05) is 19.3 Å². The molecule has 17 heavy (non-hydrogen) atoms. The number of rotatable bonds is 5. The molecule has 1 aromatic heterocycles. The first kappa shape index (κ1) is 14.3. The van der Waals surface area contributed by atoms with Gasteiger partial charge in [-0.3, -0.25) is 4.79 Å². The van der Waals surface area contributed by atoms with Crippen molar-refractivity contribution in [1.82, 2.24) is 9.88 Å². The second-order valence-electron chi connectivity index (χ2n) is 3.79. The standard InChI is InChI=1S/C12H16Cl2N2O/c1-3-5-16(6-4-2)12(17)9-7-10(13)11(14)15-8-9/h7-8H,3-6H2,1-2H3. The average molecular weight is 275 g/mol. The molecule has 0 N–H and O–H groups in total. The number of nitrogens with zero attached hydrogens (tertiary/aromatic N) is 2. The highest BCUT2D eigenvalue weighted by atomic mass is 35.5. The Morgan fingerprint density at radius 2 is 1.88 bits per heavy atom. The van der Waals surface area contributed by atoms with Crippen molar-refractivity contribution in [1.29, 1.82) is 0 Å². The molecular formula is C12H16Cl2N2O. The van der Waals surface area contributed by atoms with E-state index in [0.717, 1.165) is 25.9 Å². The van der Waals surface area contributed by atoms with Crippen LogP contribution in [0.5, 0.6) is 0 Å². The van der Waals surface area contributed by atoms with Crippen molar-refractivity contribution in [3.63, 3.8) is 0 Å². The Morgan fingerprint density at radius 1 is 1.29 bits per heavy atom. The lowest BCUT2D eigenvalue weighted by Gasteiger charge is -2.21. The zero-order chi connectivity index (χ0) is 12.8. The zero-order valence-electron chi connectivity index (χ0n) is 10.0. The van der Waals surface area contributed by atoms with Crippen LogP contribution >= 0.6 is 23.2 Å². The Morgan fingerprint density at radius 3 is 2.35 bits per heavy atom. The Kier molecular flexibility index (Phi) is 5.72. The van der Waals surface area contributed by atoms with Gasteiger partial charge >= 0.3 is 0 Å². The molecule has 0 radical (unpaired) electrons. The van der Waals surface area contributed by atoms with Gasteiger partial charge in [0.25, 0.3) is 5.91 Å². The maximum absolute atomic E-state index is 12.2. The molecule has 0 atom stereocenters. The molecule has 0 aliphatic carbocycles.